The summed E-state index contributed by atoms with van der Waals surface area (Å²) in [5, 5.41) is 12.3. The molecule has 0 saturated heterocycles. The molecule has 1 atom stereocenters. The highest BCUT2D eigenvalue weighted by molar-refractivity contribution is 5.85. The molecule has 0 bridgehead atoms. The van der Waals surface area contributed by atoms with Crippen LogP contribution in [-0.4, -0.2) is 23.0 Å². The van der Waals surface area contributed by atoms with Gasteiger partial charge in [-0.25, -0.2) is 4.79 Å². The summed E-state index contributed by atoms with van der Waals surface area (Å²) in [7, 11) is 0. The molecule has 0 heterocycles. The molecule has 1 aliphatic rings. The highest BCUT2D eigenvalue weighted by Crippen LogP contribution is 2.24. The zero-order valence-corrected chi connectivity index (χ0v) is 16.0. The van der Waals surface area contributed by atoms with Crippen molar-refractivity contribution in [3.8, 4) is 5.75 Å². The number of rotatable bonds is 8. The van der Waals surface area contributed by atoms with Crippen molar-refractivity contribution >= 4 is 11.9 Å². The summed E-state index contributed by atoms with van der Waals surface area (Å²) in [5.74, 6) is -0.524. The number of benzene rings is 2. The molecule has 3 rings (SSSR count). The van der Waals surface area contributed by atoms with Crippen molar-refractivity contribution in [2.75, 3.05) is 0 Å². The fourth-order valence-electron chi connectivity index (χ4n) is 3.59. The number of carboxylic acid groups (broad SMARTS) is 1. The minimum absolute atomic E-state index is 0.0591. The number of amides is 1. The Hall–Kier alpha value is -2.82. The largest absolute Gasteiger partial charge is 0.489 e. The van der Waals surface area contributed by atoms with Gasteiger partial charge in [0.25, 0.3) is 0 Å². The van der Waals surface area contributed by atoms with Crippen molar-refractivity contribution in [1.82, 2.24) is 5.32 Å². The highest BCUT2D eigenvalue weighted by Gasteiger charge is 2.26. The van der Waals surface area contributed by atoms with Crippen LogP contribution in [0.5, 0.6) is 5.75 Å². The van der Waals surface area contributed by atoms with E-state index in [-0.39, 0.29) is 18.2 Å². The lowest BCUT2D eigenvalue weighted by Gasteiger charge is -2.23. The third kappa shape index (κ3) is 5.84. The lowest BCUT2D eigenvalue weighted by Crippen LogP contribution is -2.45. The van der Waals surface area contributed by atoms with Gasteiger partial charge in [0.2, 0.25) is 5.91 Å². The molecule has 5 heteroatoms. The van der Waals surface area contributed by atoms with Crippen LogP contribution >= 0.6 is 0 Å². The summed E-state index contributed by atoms with van der Waals surface area (Å²) >= 11 is 0. The molecule has 0 aromatic heterocycles. The average molecular weight is 381 g/mol. The number of hydrogen-bond donors (Lipinski definition) is 2. The van der Waals surface area contributed by atoms with E-state index in [0.717, 1.165) is 43.2 Å². The molecule has 1 amide bonds. The van der Waals surface area contributed by atoms with Crippen LogP contribution in [-0.2, 0) is 22.6 Å². The number of carbonyl (C=O) groups is 2. The maximum absolute atomic E-state index is 12.4. The predicted molar refractivity (Wildman–Crippen MR) is 107 cm³/mol. The number of carboxylic acids is 1. The Morgan fingerprint density at radius 3 is 2.43 bits per heavy atom. The van der Waals surface area contributed by atoms with E-state index in [9.17, 15) is 14.7 Å². The second-order valence-corrected chi connectivity index (χ2v) is 7.36. The fourth-order valence-corrected chi connectivity index (χ4v) is 3.59. The van der Waals surface area contributed by atoms with Crippen LogP contribution < -0.4 is 10.1 Å². The smallest absolute Gasteiger partial charge is 0.326 e. The second-order valence-electron chi connectivity index (χ2n) is 7.36. The van der Waals surface area contributed by atoms with Crippen molar-refractivity contribution < 1.29 is 19.4 Å². The van der Waals surface area contributed by atoms with Crippen molar-refractivity contribution in [3.63, 3.8) is 0 Å². The van der Waals surface area contributed by atoms with Gasteiger partial charge in [-0.15, -0.1) is 0 Å². The molecule has 2 aromatic carbocycles. The zero-order chi connectivity index (χ0) is 19.8. The van der Waals surface area contributed by atoms with Crippen LogP contribution in [0.1, 0.15) is 43.2 Å². The molecular weight excluding hydrogens is 354 g/mol. The van der Waals surface area contributed by atoms with E-state index >= 15 is 0 Å². The van der Waals surface area contributed by atoms with Crippen molar-refractivity contribution in [3.05, 3.63) is 65.7 Å². The topological polar surface area (TPSA) is 75.6 Å². The minimum Gasteiger partial charge on any atom is -0.489 e. The van der Waals surface area contributed by atoms with E-state index in [1.165, 1.54) is 0 Å². The minimum atomic E-state index is -1.01. The van der Waals surface area contributed by atoms with Gasteiger partial charge in [-0.3, -0.25) is 4.79 Å². The van der Waals surface area contributed by atoms with E-state index in [4.69, 9.17) is 4.74 Å². The first-order chi connectivity index (χ1) is 13.6. The standard InChI is InChI=1S/C23H27NO4/c25-22(19-11-5-2-6-12-19)24-21(23(26)27)15-18-10-7-13-20(14-18)28-16-17-8-3-1-4-9-17/h1,3-4,7-10,13-14,19,21H,2,5-6,11-12,15-16H2,(H,24,25)(H,26,27)/t21-/m0/s1. The molecule has 2 aromatic rings. The summed E-state index contributed by atoms with van der Waals surface area (Å²) in [4.78, 5) is 24.1. The molecule has 28 heavy (non-hydrogen) atoms. The first kappa shape index (κ1) is 19.9. The van der Waals surface area contributed by atoms with Gasteiger partial charge >= 0.3 is 5.97 Å². The molecular formula is C23H27NO4. The van der Waals surface area contributed by atoms with Crippen LogP contribution in [0.4, 0.5) is 0 Å². The third-order valence-corrected chi connectivity index (χ3v) is 5.18. The van der Waals surface area contributed by atoms with Crippen molar-refractivity contribution in [2.24, 2.45) is 5.92 Å². The predicted octanol–water partition coefficient (Wildman–Crippen LogP) is 3.96. The van der Waals surface area contributed by atoms with Gasteiger partial charge in [0.15, 0.2) is 0 Å². The molecule has 2 N–H and O–H groups in total. The first-order valence-electron chi connectivity index (χ1n) is 9.90. The third-order valence-electron chi connectivity index (χ3n) is 5.18. The number of nitrogens with one attached hydrogen (secondary N) is 1. The number of aliphatic carboxylic acids is 1. The van der Waals surface area contributed by atoms with Crippen molar-refractivity contribution in [1.29, 1.82) is 0 Å². The summed E-state index contributed by atoms with van der Waals surface area (Å²) < 4.78 is 5.82. The number of hydrogen-bond acceptors (Lipinski definition) is 3. The van der Waals surface area contributed by atoms with Gasteiger partial charge in [-0.05, 0) is 36.1 Å². The normalized spacial score (nSPS) is 15.6. The Bertz CT molecular complexity index is 784. The molecule has 5 nitrogen and oxygen atoms in total. The Balaban J connectivity index is 1.59. The first-order valence-corrected chi connectivity index (χ1v) is 9.90. The van der Waals surface area contributed by atoms with Crippen LogP contribution in [0.15, 0.2) is 54.6 Å². The van der Waals surface area contributed by atoms with Crippen LogP contribution in [0.2, 0.25) is 0 Å². The summed E-state index contributed by atoms with van der Waals surface area (Å²) in [6.07, 6.45) is 5.16. The maximum Gasteiger partial charge on any atom is 0.326 e. The monoisotopic (exact) mass is 381 g/mol. The van der Waals surface area contributed by atoms with Gasteiger partial charge in [0.1, 0.15) is 18.4 Å². The van der Waals surface area contributed by atoms with Gasteiger partial charge in [0.05, 0.1) is 0 Å². The van der Waals surface area contributed by atoms with Gasteiger partial charge in [0, 0.05) is 12.3 Å². The lowest BCUT2D eigenvalue weighted by molar-refractivity contribution is -0.142. The Morgan fingerprint density at radius 1 is 1.00 bits per heavy atom. The summed E-state index contributed by atoms with van der Waals surface area (Å²) in [5.41, 5.74) is 1.89. The summed E-state index contributed by atoms with van der Waals surface area (Å²) in [6.45, 7) is 0.449. The number of carbonyl (C=O) groups excluding carboxylic acids is 1. The maximum atomic E-state index is 12.4. The lowest BCUT2D eigenvalue weighted by atomic mass is 9.88. The molecule has 0 spiro atoms. The highest BCUT2D eigenvalue weighted by atomic mass is 16.5. The Morgan fingerprint density at radius 2 is 1.71 bits per heavy atom. The van der Waals surface area contributed by atoms with E-state index in [2.05, 4.69) is 5.32 Å². The number of ether oxygens (including phenoxy) is 1. The molecule has 0 radical (unpaired) electrons. The molecule has 1 aliphatic carbocycles. The van der Waals surface area contributed by atoms with E-state index in [1.54, 1.807) is 0 Å². The molecule has 1 saturated carbocycles. The zero-order valence-electron chi connectivity index (χ0n) is 16.0. The van der Waals surface area contributed by atoms with Crippen LogP contribution in [0.25, 0.3) is 0 Å². The van der Waals surface area contributed by atoms with Crippen LogP contribution in [0, 0.1) is 5.92 Å². The van der Waals surface area contributed by atoms with Gasteiger partial charge < -0.3 is 15.2 Å². The second kappa shape index (κ2) is 9.93. The quantitative estimate of drug-likeness (QED) is 0.726. The molecule has 0 unspecified atom stereocenters. The Labute approximate surface area is 165 Å². The molecule has 148 valence electrons. The fraction of sp³-hybridized carbons (Fsp3) is 0.391. The van der Waals surface area contributed by atoms with Gasteiger partial charge in [-0.2, -0.15) is 0 Å². The Kier molecular flexibility index (Phi) is 7.06. The van der Waals surface area contributed by atoms with Crippen LogP contribution in [0.3, 0.4) is 0 Å². The molecule has 0 aliphatic heterocycles. The van der Waals surface area contributed by atoms with Gasteiger partial charge in [-0.1, -0.05) is 61.7 Å². The average Bonchev–Trinajstić information content (AvgIpc) is 2.73. The SMILES string of the molecule is O=C(N[C@@H](Cc1cccc(OCc2ccccc2)c1)C(=O)O)C1CCCCC1. The van der Waals surface area contributed by atoms with E-state index in [0.29, 0.717) is 12.4 Å². The van der Waals surface area contributed by atoms with E-state index in [1.807, 2.05) is 54.6 Å². The summed E-state index contributed by atoms with van der Waals surface area (Å²) in [6, 6.07) is 16.3. The van der Waals surface area contributed by atoms with E-state index < -0.39 is 12.0 Å². The van der Waals surface area contributed by atoms with Crippen molar-refractivity contribution in [2.45, 2.75) is 51.2 Å². The molecule has 1 fully saturated rings.